The average molecular weight is 394 g/mol. The Morgan fingerprint density at radius 2 is 2.14 bits per heavy atom. The molecule has 0 spiro atoms. The van der Waals surface area contributed by atoms with Gasteiger partial charge in [-0.2, -0.15) is 0 Å². The molecule has 3 heterocycles. The molecule has 1 atom stereocenters. The molecule has 2 aliphatic rings. The van der Waals surface area contributed by atoms with Gasteiger partial charge in [-0.1, -0.05) is 6.92 Å². The van der Waals surface area contributed by atoms with E-state index < -0.39 is 0 Å². The van der Waals surface area contributed by atoms with Gasteiger partial charge in [0, 0.05) is 43.1 Å². The average Bonchev–Trinajstić information content (AvgIpc) is 2.74. The van der Waals surface area contributed by atoms with Crippen LogP contribution in [0.15, 0.2) is 24.4 Å². The van der Waals surface area contributed by atoms with Crippen molar-refractivity contribution < 1.29 is 4.79 Å². The zero-order valence-corrected chi connectivity index (χ0v) is 17.7. The van der Waals surface area contributed by atoms with Gasteiger partial charge in [0.2, 0.25) is 0 Å². The number of carbonyl (C=O) groups excluding carboxylic acids is 1. The number of aryl methyl sites for hydroxylation is 2. The van der Waals surface area contributed by atoms with Gasteiger partial charge in [-0.15, -0.1) is 0 Å². The smallest absolute Gasteiger partial charge is 0.322 e. The highest BCUT2D eigenvalue weighted by Gasteiger charge is 2.23. The normalized spacial score (nSPS) is 19.1. The first-order chi connectivity index (χ1) is 14.0. The van der Waals surface area contributed by atoms with Gasteiger partial charge < -0.3 is 15.1 Å². The highest BCUT2D eigenvalue weighted by atomic mass is 16.2. The Bertz CT molecular complexity index is 897. The molecule has 2 aromatic rings. The minimum Gasteiger partial charge on any atom is -0.369 e. The van der Waals surface area contributed by atoms with Crippen LogP contribution in [0.4, 0.5) is 16.2 Å². The second-order valence-electron chi connectivity index (χ2n) is 8.25. The van der Waals surface area contributed by atoms with Crippen LogP contribution in [-0.4, -0.2) is 40.0 Å². The molecule has 1 N–H and O–H groups in total. The minimum absolute atomic E-state index is 0.0606. The van der Waals surface area contributed by atoms with Crippen LogP contribution in [0.25, 0.3) is 0 Å². The predicted octanol–water partition coefficient (Wildman–Crippen LogP) is 4.32. The van der Waals surface area contributed by atoms with Crippen LogP contribution in [0, 0.1) is 6.92 Å². The third-order valence-electron chi connectivity index (χ3n) is 6.19. The van der Waals surface area contributed by atoms with E-state index in [0.717, 1.165) is 47.7 Å². The van der Waals surface area contributed by atoms with Crippen molar-refractivity contribution in [1.82, 2.24) is 14.9 Å². The van der Waals surface area contributed by atoms with E-state index in [0.29, 0.717) is 19.1 Å². The molecule has 1 saturated heterocycles. The van der Waals surface area contributed by atoms with Gasteiger partial charge in [0.15, 0.2) is 0 Å². The summed E-state index contributed by atoms with van der Waals surface area (Å²) in [6.45, 7) is 8.76. The molecule has 6 heteroatoms. The summed E-state index contributed by atoms with van der Waals surface area (Å²) in [4.78, 5) is 26.2. The first-order valence-electron chi connectivity index (χ1n) is 10.8. The lowest BCUT2D eigenvalue weighted by molar-refractivity contribution is 0.205. The van der Waals surface area contributed by atoms with E-state index in [2.05, 4.69) is 46.2 Å². The van der Waals surface area contributed by atoms with Crippen molar-refractivity contribution in [3.8, 4) is 0 Å². The fourth-order valence-electron chi connectivity index (χ4n) is 4.33. The number of piperidine rings is 1. The zero-order chi connectivity index (χ0) is 20.4. The van der Waals surface area contributed by atoms with Crippen molar-refractivity contribution in [1.29, 1.82) is 0 Å². The van der Waals surface area contributed by atoms with Crippen molar-refractivity contribution >= 4 is 17.4 Å². The second kappa shape index (κ2) is 8.39. The molecule has 2 aliphatic heterocycles. The van der Waals surface area contributed by atoms with Gasteiger partial charge in [0.05, 0.1) is 12.2 Å². The van der Waals surface area contributed by atoms with Crippen molar-refractivity contribution in [2.75, 3.05) is 23.3 Å². The number of carbonyl (C=O) groups is 1. The standard InChI is InChI=1S/C23H31N5O/c1-4-22-24-14-18-10-12-27(15-21(18)25-22)23(29)26-20-9-8-19(13-16(20)2)28-11-6-5-7-17(28)3/h8-9,13-14,17H,4-7,10-12,15H2,1-3H3,(H,26,29). The minimum atomic E-state index is -0.0606. The van der Waals surface area contributed by atoms with Gasteiger partial charge in [0.1, 0.15) is 5.82 Å². The summed E-state index contributed by atoms with van der Waals surface area (Å²) in [6, 6.07) is 6.89. The summed E-state index contributed by atoms with van der Waals surface area (Å²) in [5, 5.41) is 3.11. The van der Waals surface area contributed by atoms with E-state index >= 15 is 0 Å². The number of fused-ring (bicyclic) bond motifs is 1. The van der Waals surface area contributed by atoms with Crippen LogP contribution in [0.5, 0.6) is 0 Å². The van der Waals surface area contributed by atoms with E-state index in [-0.39, 0.29) is 6.03 Å². The number of hydrogen-bond acceptors (Lipinski definition) is 4. The Kier molecular flexibility index (Phi) is 5.69. The van der Waals surface area contributed by atoms with Gasteiger partial charge >= 0.3 is 6.03 Å². The number of urea groups is 1. The SMILES string of the molecule is CCc1ncc2c(n1)CN(C(=O)Nc1ccc(N3CCCCC3C)cc1C)CC2. The molecule has 1 aromatic carbocycles. The summed E-state index contributed by atoms with van der Waals surface area (Å²) >= 11 is 0. The lowest BCUT2D eigenvalue weighted by Gasteiger charge is -2.35. The van der Waals surface area contributed by atoms with E-state index in [1.807, 2.05) is 24.1 Å². The Labute approximate surface area is 173 Å². The molecule has 0 bridgehead atoms. The molecule has 4 rings (SSSR count). The molecule has 1 fully saturated rings. The maximum Gasteiger partial charge on any atom is 0.322 e. The molecule has 2 amide bonds. The molecule has 0 radical (unpaired) electrons. The van der Waals surface area contributed by atoms with E-state index in [9.17, 15) is 4.79 Å². The number of nitrogens with zero attached hydrogens (tertiary/aromatic N) is 4. The van der Waals surface area contributed by atoms with Gasteiger partial charge in [-0.05, 0) is 68.9 Å². The topological polar surface area (TPSA) is 61.4 Å². The fourth-order valence-corrected chi connectivity index (χ4v) is 4.33. The van der Waals surface area contributed by atoms with Gasteiger partial charge in [-0.25, -0.2) is 14.8 Å². The number of amides is 2. The highest BCUT2D eigenvalue weighted by molar-refractivity contribution is 5.90. The van der Waals surface area contributed by atoms with Gasteiger partial charge in [-0.3, -0.25) is 0 Å². The Morgan fingerprint density at radius 3 is 2.90 bits per heavy atom. The largest absolute Gasteiger partial charge is 0.369 e. The first kappa shape index (κ1) is 19.7. The number of anilines is 2. The van der Waals surface area contributed by atoms with Crippen LogP contribution in [0.1, 0.15) is 55.8 Å². The Hall–Kier alpha value is -2.63. The summed E-state index contributed by atoms with van der Waals surface area (Å²) in [6.07, 6.45) is 7.34. The molecule has 0 saturated carbocycles. The molecule has 29 heavy (non-hydrogen) atoms. The monoisotopic (exact) mass is 393 g/mol. The predicted molar refractivity (Wildman–Crippen MR) is 116 cm³/mol. The molecule has 1 unspecified atom stereocenters. The third kappa shape index (κ3) is 4.21. The molecular weight excluding hydrogens is 362 g/mol. The summed E-state index contributed by atoms with van der Waals surface area (Å²) in [7, 11) is 0. The molecule has 154 valence electrons. The maximum absolute atomic E-state index is 12.9. The number of rotatable bonds is 3. The number of nitrogens with one attached hydrogen (secondary N) is 1. The lowest BCUT2D eigenvalue weighted by Crippen LogP contribution is -2.39. The lowest BCUT2D eigenvalue weighted by atomic mass is 10.0. The van der Waals surface area contributed by atoms with Crippen molar-refractivity contribution in [2.24, 2.45) is 0 Å². The van der Waals surface area contributed by atoms with E-state index in [4.69, 9.17) is 0 Å². The first-order valence-corrected chi connectivity index (χ1v) is 10.8. The summed E-state index contributed by atoms with van der Waals surface area (Å²) in [5.41, 5.74) is 5.36. The number of aromatic nitrogens is 2. The van der Waals surface area contributed by atoms with Crippen LogP contribution in [-0.2, 0) is 19.4 Å². The Balaban J connectivity index is 1.44. The van der Waals surface area contributed by atoms with Crippen LogP contribution in [0.3, 0.4) is 0 Å². The molecule has 6 nitrogen and oxygen atoms in total. The Morgan fingerprint density at radius 1 is 1.28 bits per heavy atom. The highest BCUT2D eigenvalue weighted by Crippen LogP contribution is 2.28. The van der Waals surface area contributed by atoms with Gasteiger partial charge in [0.25, 0.3) is 0 Å². The fraction of sp³-hybridized carbons (Fsp3) is 0.522. The third-order valence-corrected chi connectivity index (χ3v) is 6.19. The maximum atomic E-state index is 12.9. The van der Waals surface area contributed by atoms with Crippen LogP contribution < -0.4 is 10.2 Å². The van der Waals surface area contributed by atoms with E-state index in [1.54, 1.807) is 0 Å². The molecule has 0 aliphatic carbocycles. The summed E-state index contributed by atoms with van der Waals surface area (Å²) in [5.74, 6) is 0.837. The van der Waals surface area contributed by atoms with Crippen molar-refractivity contribution in [2.45, 2.75) is 65.5 Å². The number of hydrogen-bond donors (Lipinski definition) is 1. The van der Waals surface area contributed by atoms with E-state index in [1.165, 1.54) is 24.9 Å². The molecular formula is C23H31N5O. The second-order valence-corrected chi connectivity index (χ2v) is 8.25. The van der Waals surface area contributed by atoms with Crippen LogP contribution >= 0.6 is 0 Å². The van der Waals surface area contributed by atoms with Crippen molar-refractivity contribution in [3.05, 3.63) is 47.0 Å². The molecule has 1 aromatic heterocycles. The van der Waals surface area contributed by atoms with Crippen molar-refractivity contribution in [3.63, 3.8) is 0 Å². The quantitative estimate of drug-likeness (QED) is 0.844. The summed E-state index contributed by atoms with van der Waals surface area (Å²) < 4.78 is 0. The van der Waals surface area contributed by atoms with Crippen LogP contribution in [0.2, 0.25) is 0 Å². The zero-order valence-electron chi connectivity index (χ0n) is 17.7. The number of benzene rings is 1.